The number of rotatable bonds is 6. The Morgan fingerprint density at radius 1 is 1.17 bits per heavy atom. The minimum absolute atomic E-state index is 0.0894. The Labute approximate surface area is 211 Å². The number of anilines is 2. The first-order chi connectivity index (χ1) is 17.3. The monoisotopic (exact) mass is 491 g/mol. The second kappa shape index (κ2) is 11.3. The molecule has 1 aliphatic heterocycles. The number of nitrogens with zero attached hydrogens (tertiary/aromatic N) is 1. The third-order valence-corrected chi connectivity index (χ3v) is 6.67. The van der Waals surface area contributed by atoms with Crippen molar-refractivity contribution in [2.75, 3.05) is 16.8 Å². The Morgan fingerprint density at radius 2 is 1.89 bits per heavy atom. The summed E-state index contributed by atoms with van der Waals surface area (Å²) in [6, 6.07) is 14.9. The number of nitrogens with one attached hydrogen (secondary N) is 2. The molecule has 36 heavy (non-hydrogen) atoms. The minimum atomic E-state index is -0.745. The molecule has 2 aromatic rings. The second-order valence-corrected chi connectivity index (χ2v) is 9.46. The molecular weight excluding hydrogens is 458 g/mol. The van der Waals surface area contributed by atoms with Crippen LogP contribution in [-0.2, 0) is 9.53 Å². The van der Waals surface area contributed by atoms with Gasteiger partial charge in [0, 0.05) is 12.1 Å². The van der Waals surface area contributed by atoms with E-state index in [1.54, 1.807) is 4.90 Å². The zero-order chi connectivity index (χ0) is 25.7. The molecule has 0 saturated heterocycles. The van der Waals surface area contributed by atoms with Crippen molar-refractivity contribution < 1.29 is 24.2 Å². The zero-order valence-corrected chi connectivity index (χ0v) is 20.7. The van der Waals surface area contributed by atoms with E-state index in [1.807, 2.05) is 68.5 Å². The topological polar surface area (TPSA) is 112 Å². The number of carbonyl (C=O) groups excluding carboxylic acids is 1. The lowest BCUT2D eigenvalue weighted by Gasteiger charge is -2.33. The Kier molecular flexibility index (Phi) is 7.93. The van der Waals surface area contributed by atoms with Gasteiger partial charge in [0.05, 0.1) is 18.2 Å². The molecule has 1 unspecified atom stereocenters. The van der Waals surface area contributed by atoms with E-state index in [0.29, 0.717) is 50.1 Å². The molecule has 1 heterocycles. The molecule has 2 amide bonds. The van der Waals surface area contributed by atoms with Crippen molar-refractivity contribution in [3.8, 4) is 5.75 Å². The number of allylic oxidation sites excluding steroid dienone is 1. The summed E-state index contributed by atoms with van der Waals surface area (Å²) >= 11 is 0. The first-order valence-electron chi connectivity index (χ1n) is 12.4. The summed E-state index contributed by atoms with van der Waals surface area (Å²) in [6.45, 7) is 4.35. The number of hydrogen-bond acceptors (Lipinski definition) is 5. The lowest BCUT2D eigenvalue weighted by atomic mass is 9.87. The summed E-state index contributed by atoms with van der Waals surface area (Å²) in [4.78, 5) is 25.8. The maximum Gasteiger partial charge on any atom is 0.326 e. The van der Waals surface area contributed by atoms with Crippen LogP contribution in [0.15, 0.2) is 54.6 Å². The third kappa shape index (κ3) is 6.24. The number of carboxylic acids is 1. The fraction of sp³-hybridized carbons (Fsp3) is 0.393. The molecule has 1 atom stereocenters. The lowest BCUT2D eigenvalue weighted by Crippen LogP contribution is -2.44. The van der Waals surface area contributed by atoms with Crippen LogP contribution >= 0.6 is 0 Å². The average molecular weight is 492 g/mol. The molecule has 8 nitrogen and oxygen atoms in total. The molecule has 0 radical (unpaired) electrons. The van der Waals surface area contributed by atoms with Gasteiger partial charge in [-0.3, -0.25) is 15.1 Å². The van der Waals surface area contributed by atoms with E-state index >= 15 is 0 Å². The van der Waals surface area contributed by atoms with Gasteiger partial charge in [0.2, 0.25) is 0 Å². The Balaban J connectivity index is 1.38. The molecule has 0 aromatic heterocycles. The number of fused-ring (bicyclic) bond motifs is 1. The van der Waals surface area contributed by atoms with Gasteiger partial charge in [-0.1, -0.05) is 30.3 Å². The number of benzene rings is 2. The summed E-state index contributed by atoms with van der Waals surface area (Å²) in [5, 5.41) is 20.3. The highest BCUT2D eigenvalue weighted by Crippen LogP contribution is 2.36. The second-order valence-electron chi connectivity index (χ2n) is 9.46. The van der Waals surface area contributed by atoms with E-state index in [1.165, 1.54) is 0 Å². The first kappa shape index (κ1) is 25.3. The van der Waals surface area contributed by atoms with Crippen molar-refractivity contribution >= 4 is 34.8 Å². The largest absolute Gasteiger partial charge is 0.487 e. The predicted octanol–water partition coefficient (Wildman–Crippen LogP) is 5.94. The van der Waals surface area contributed by atoms with E-state index in [4.69, 9.17) is 20.0 Å². The number of amides is 2. The van der Waals surface area contributed by atoms with Crippen LogP contribution in [-0.4, -0.2) is 41.8 Å². The number of carboxylic acid groups (broad SMARTS) is 1. The van der Waals surface area contributed by atoms with Crippen LogP contribution in [0.5, 0.6) is 5.75 Å². The van der Waals surface area contributed by atoms with Gasteiger partial charge in [-0.2, -0.15) is 0 Å². The first-order valence-corrected chi connectivity index (χ1v) is 12.4. The van der Waals surface area contributed by atoms with Crippen LogP contribution in [0.4, 0.5) is 16.2 Å². The van der Waals surface area contributed by atoms with Gasteiger partial charge in [0.25, 0.3) is 0 Å². The Hall–Kier alpha value is -3.81. The maximum atomic E-state index is 13.0. The summed E-state index contributed by atoms with van der Waals surface area (Å²) in [5.74, 6) is -0.218. The van der Waals surface area contributed by atoms with Gasteiger partial charge in [-0.05, 0) is 74.9 Å². The van der Waals surface area contributed by atoms with Crippen molar-refractivity contribution in [2.45, 2.75) is 58.2 Å². The van der Waals surface area contributed by atoms with Crippen molar-refractivity contribution in [3.05, 3.63) is 60.2 Å². The van der Waals surface area contributed by atoms with Crippen molar-refractivity contribution in [2.24, 2.45) is 5.92 Å². The molecule has 190 valence electrons. The van der Waals surface area contributed by atoms with E-state index in [-0.39, 0.29) is 30.1 Å². The van der Waals surface area contributed by atoms with Crippen molar-refractivity contribution in [1.82, 2.24) is 0 Å². The Bertz CT molecular complexity index is 1140. The normalized spacial score (nSPS) is 21.7. The summed E-state index contributed by atoms with van der Waals surface area (Å²) in [6.07, 6.45) is 4.56. The molecule has 2 aromatic carbocycles. The van der Waals surface area contributed by atoms with Crippen LogP contribution < -0.4 is 15.0 Å². The molecular formula is C28H33N3O5. The molecule has 0 spiro atoms. The molecule has 8 heteroatoms. The highest BCUT2D eigenvalue weighted by Gasteiger charge is 2.29. The average Bonchev–Trinajstić information content (AvgIpc) is 2.87. The quantitative estimate of drug-likeness (QED) is 0.342. The van der Waals surface area contributed by atoms with Crippen LogP contribution in [0.1, 0.15) is 51.5 Å². The van der Waals surface area contributed by atoms with E-state index in [2.05, 4.69) is 5.32 Å². The number of carbonyl (C=O) groups is 2. The van der Waals surface area contributed by atoms with Crippen LogP contribution in [0.3, 0.4) is 0 Å². The number of hydrogen-bond donors (Lipinski definition) is 3. The summed E-state index contributed by atoms with van der Waals surface area (Å²) < 4.78 is 11.8. The number of urea groups is 1. The van der Waals surface area contributed by atoms with E-state index in [0.717, 1.165) is 16.8 Å². The highest BCUT2D eigenvalue weighted by molar-refractivity contribution is 6.03. The van der Waals surface area contributed by atoms with Crippen molar-refractivity contribution in [3.63, 3.8) is 0 Å². The zero-order valence-electron chi connectivity index (χ0n) is 20.7. The minimum Gasteiger partial charge on any atom is -0.487 e. The summed E-state index contributed by atoms with van der Waals surface area (Å²) in [7, 11) is 0. The molecule has 4 rings (SSSR count). The predicted molar refractivity (Wildman–Crippen MR) is 140 cm³/mol. The van der Waals surface area contributed by atoms with Gasteiger partial charge in [0.15, 0.2) is 5.90 Å². The smallest absolute Gasteiger partial charge is 0.326 e. The van der Waals surface area contributed by atoms with Gasteiger partial charge in [-0.25, -0.2) is 4.79 Å². The van der Waals surface area contributed by atoms with Crippen LogP contribution in [0.25, 0.3) is 5.57 Å². The Morgan fingerprint density at radius 3 is 2.58 bits per heavy atom. The van der Waals surface area contributed by atoms with Gasteiger partial charge >= 0.3 is 12.0 Å². The molecule has 1 fully saturated rings. The molecule has 2 aliphatic rings. The molecule has 1 saturated carbocycles. The standard InChI is InChI=1S/C28H33N3O5/c1-18(8-15-26(29)36-23-12-9-20(10-13-23)27(32)33)21-11-14-24-25(16-21)35-19(2)17-31(24)28(34)30-22-6-4-3-5-7-22/h3-8,11,14,16,19-20,23,29H,9-10,12-13,15,17H2,1-2H3,(H,30,34)(H,32,33)/b18-8+,29-26?. The van der Waals surface area contributed by atoms with E-state index < -0.39 is 5.97 Å². The van der Waals surface area contributed by atoms with Crippen LogP contribution in [0.2, 0.25) is 0 Å². The van der Waals surface area contributed by atoms with E-state index in [9.17, 15) is 9.59 Å². The van der Waals surface area contributed by atoms with Gasteiger partial charge in [-0.15, -0.1) is 0 Å². The third-order valence-electron chi connectivity index (χ3n) is 6.67. The fourth-order valence-electron chi connectivity index (χ4n) is 4.63. The van der Waals surface area contributed by atoms with Crippen molar-refractivity contribution in [1.29, 1.82) is 5.41 Å². The summed E-state index contributed by atoms with van der Waals surface area (Å²) in [5.41, 5.74) is 3.37. The number of aliphatic carboxylic acids is 1. The fourth-order valence-corrected chi connectivity index (χ4v) is 4.63. The number of para-hydroxylation sites is 1. The highest BCUT2D eigenvalue weighted by atomic mass is 16.5. The number of ether oxygens (including phenoxy) is 2. The van der Waals surface area contributed by atoms with Gasteiger partial charge < -0.3 is 19.9 Å². The SMILES string of the molecule is C/C(=C\CC(=N)OC1CCC(C(=O)O)CC1)c1ccc2c(c1)OC(C)CN2C(=O)Nc1ccccc1. The molecule has 3 N–H and O–H groups in total. The molecule has 0 bridgehead atoms. The van der Waals surface area contributed by atoms with Crippen LogP contribution in [0, 0.1) is 11.3 Å². The maximum absolute atomic E-state index is 13.0. The lowest BCUT2D eigenvalue weighted by molar-refractivity contribution is -0.143. The molecule has 1 aliphatic carbocycles. The van der Waals surface area contributed by atoms with Gasteiger partial charge in [0.1, 0.15) is 18.0 Å².